The van der Waals surface area contributed by atoms with Crippen LogP contribution >= 0.6 is 0 Å². The van der Waals surface area contributed by atoms with Crippen molar-refractivity contribution in [3.05, 3.63) is 47.7 Å². The number of hydrogen-bond acceptors (Lipinski definition) is 5. The van der Waals surface area contributed by atoms with Gasteiger partial charge in [0.05, 0.1) is 23.4 Å². The molecule has 3 atom stereocenters. The first-order valence-electron chi connectivity index (χ1n) is 9.57. The van der Waals surface area contributed by atoms with Gasteiger partial charge in [-0.15, -0.1) is 0 Å². The molecule has 0 saturated heterocycles. The monoisotopic (exact) mass is 387 g/mol. The van der Waals surface area contributed by atoms with Crippen LogP contribution in [0, 0.1) is 0 Å². The zero-order chi connectivity index (χ0) is 20.3. The van der Waals surface area contributed by atoms with Crippen LogP contribution in [0.4, 0.5) is 10.6 Å². The smallest absolute Gasteiger partial charge is 0.413 e. The molecule has 7 heteroatoms. The van der Waals surface area contributed by atoms with Crippen molar-refractivity contribution in [2.45, 2.75) is 63.9 Å². The maximum atomic E-state index is 12.3. The fraction of sp³-hybridized carbons (Fsp3) is 0.524. The van der Waals surface area contributed by atoms with E-state index in [1.165, 1.54) is 0 Å². The number of amides is 1. The lowest BCUT2D eigenvalue weighted by molar-refractivity contribution is 0.00981. The number of nitrogens with one attached hydrogen (secondary N) is 1. The normalized spacial score (nSPS) is 22.2. The molecule has 0 radical (unpaired) electrons. The minimum absolute atomic E-state index is 0.0874. The molecule has 1 aliphatic carbocycles. The molecule has 0 unspecified atom stereocenters. The number of carbonyl (C=O) groups is 1. The van der Waals surface area contributed by atoms with E-state index < -0.39 is 12.2 Å². The van der Waals surface area contributed by atoms with Crippen LogP contribution in [-0.2, 0) is 21.6 Å². The quantitative estimate of drug-likeness (QED) is 0.818. The van der Waals surface area contributed by atoms with Crippen LogP contribution in [0.2, 0.25) is 0 Å². The van der Waals surface area contributed by atoms with Gasteiger partial charge >= 0.3 is 6.09 Å². The molecule has 1 saturated carbocycles. The zero-order valence-corrected chi connectivity index (χ0v) is 16.9. The highest BCUT2D eigenvalue weighted by Crippen LogP contribution is 2.37. The molecule has 0 bridgehead atoms. The van der Waals surface area contributed by atoms with E-state index in [4.69, 9.17) is 14.6 Å². The van der Waals surface area contributed by atoms with Gasteiger partial charge in [-0.05, 0) is 39.2 Å². The maximum Gasteiger partial charge on any atom is 0.413 e. The Labute approximate surface area is 165 Å². The van der Waals surface area contributed by atoms with E-state index >= 15 is 0 Å². The fourth-order valence-electron chi connectivity index (χ4n) is 3.53. The molecule has 0 spiro atoms. The zero-order valence-electron chi connectivity index (χ0n) is 16.9. The molecule has 1 heterocycles. The third kappa shape index (κ3) is 4.72. The Morgan fingerprint density at radius 1 is 1.29 bits per heavy atom. The topological polar surface area (TPSA) is 85.6 Å². The largest absolute Gasteiger partial charge is 0.444 e. The average molecular weight is 387 g/mol. The average Bonchev–Trinajstić information content (AvgIpc) is 3.24. The van der Waals surface area contributed by atoms with E-state index in [1.807, 2.05) is 57.2 Å². The number of methoxy groups -OCH3 is 1. The molecule has 1 fully saturated rings. The van der Waals surface area contributed by atoms with Crippen LogP contribution in [0.5, 0.6) is 0 Å². The molecule has 28 heavy (non-hydrogen) atoms. The van der Waals surface area contributed by atoms with Gasteiger partial charge < -0.3 is 14.6 Å². The highest BCUT2D eigenvalue weighted by molar-refractivity contribution is 5.83. The van der Waals surface area contributed by atoms with Crippen LogP contribution in [-0.4, -0.2) is 40.3 Å². The summed E-state index contributed by atoms with van der Waals surface area (Å²) in [5.74, 6) is 0.667. The van der Waals surface area contributed by atoms with Gasteiger partial charge in [-0.1, -0.05) is 30.3 Å². The van der Waals surface area contributed by atoms with Gasteiger partial charge in [-0.3, -0.25) is 5.32 Å². The summed E-state index contributed by atoms with van der Waals surface area (Å²) >= 11 is 0. The van der Waals surface area contributed by atoms with E-state index in [2.05, 4.69) is 5.32 Å². The predicted octanol–water partition coefficient (Wildman–Crippen LogP) is 3.64. The van der Waals surface area contributed by atoms with E-state index in [1.54, 1.807) is 11.8 Å². The Hall–Kier alpha value is -2.38. The third-order valence-electron chi connectivity index (χ3n) is 5.00. The van der Waals surface area contributed by atoms with Gasteiger partial charge in [-0.2, -0.15) is 5.10 Å². The standard InChI is InChI=1S/C21H29N3O4/c1-21(2,3)24-19(22-20(26)28-13-14-8-6-5-7-9-14)12-16(23-24)15-10-17(25)18(11-15)27-4/h5-9,12,15,17-18,25H,10-11,13H2,1-4H3,(H,22,26)/t15-,17-,18-/m1/s1. The number of ether oxygens (including phenoxy) is 2. The number of anilines is 1. The Balaban J connectivity index is 1.72. The fourth-order valence-corrected chi connectivity index (χ4v) is 3.53. The number of aliphatic hydroxyl groups is 1. The van der Waals surface area contributed by atoms with E-state index in [0.717, 1.165) is 11.3 Å². The highest BCUT2D eigenvalue weighted by Gasteiger charge is 2.36. The molecule has 7 nitrogen and oxygen atoms in total. The molecule has 1 amide bonds. The number of hydrogen-bond donors (Lipinski definition) is 2. The van der Waals surface area contributed by atoms with Gasteiger partial charge in [-0.25, -0.2) is 9.48 Å². The van der Waals surface area contributed by atoms with Crippen molar-refractivity contribution >= 4 is 11.9 Å². The second-order valence-corrected chi connectivity index (χ2v) is 8.23. The van der Waals surface area contributed by atoms with Crippen LogP contribution in [0.15, 0.2) is 36.4 Å². The maximum absolute atomic E-state index is 12.3. The first kappa shape index (κ1) is 20.4. The summed E-state index contributed by atoms with van der Waals surface area (Å²) in [5, 5.41) is 17.7. The first-order valence-corrected chi connectivity index (χ1v) is 9.57. The van der Waals surface area contributed by atoms with Crippen molar-refractivity contribution in [1.29, 1.82) is 0 Å². The number of aliphatic hydroxyl groups excluding tert-OH is 1. The lowest BCUT2D eigenvalue weighted by Gasteiger charge is -2.22. The number of benzene rings is 1. The van der Waals surface area contributed by atoms with Crippen molar-refractivity contribution in [2.24, 2.45) is 0 Å². The first-order chi connectivity index (χ1) is 13.3. The van der Waals surface area contributed by atoms with Gasteiger partial charge in [0, 0.05) is 19.1 Å². The Morgan fingerprint density at radius 2 is 2.00 bits per heavy atom. The van der Waals surface area contributed by atoms with E-state index in [-0.39, 0.29) is 24.2 Å². The number of carbonyl (C=O) groups excluding carboxylic acids is 1. The molecule has 152 valence electrons. The van der Waals surface area contributed by atoms with Crippen molar-refractivity contribution in [1.82, 2.24) is 9.78 Å². The van der Waals surface area contributed by atoms with Gasteiger partial charge in [0.1, 0.15) is 12.4 Å². The van der Waals surface area contributed by atoms with Crippen molar-refractivity contribution < 1.29 is 19.4 Å². The van der Waals surface area contributed by atoms with E-state index in [0.29, 0.717) is 18.7 Å². The lowest BCUT2D eigenvalue weighted by atomic mass is 10.0. The van der Waals surface area contributed by atoms with Crippen LogP contribution in [0.1, 0.15) is 50.8 Å². The molecule has 2 N–H and O–H groups in total. The summed E-state index contributed by atoms with van der Waals surface area (Å²) in [7, 11) is 1.61. The Morgan fingerprint density at radius 3 is 2.61 bits per heavy atom. The minimum atomic E-state index is -0.526. The minimum Gasteiger partial charge on any atom is -0.444 e. The Bertz CT molecular complexity index is 798. The molecular formula is C21H29N3O4. The third-order valence-corrected chi connectivity index (χ3v) is 5.00. The summed E-state index contributed by atoms with van der Waals surface area (Å²) < 4.78 is 12.5. The number of aromatic nitrogens is 2. The molecule has 0 aliphatic heterocycles. The summed E-state index contributed by atoms with van der Waals surface area (Å²) in [5.41, 5.74) is 1.44. The van der Waals surface area contributed by atoms with Crippen LogP contribution in [0.3, 0.4) is 0 Å². The Kier molecular flexibility index (Phi) is 6.05. The molecule has 2 aromatic rings. The van der Waals surface area contributed by atoms with Crippen LogP contribution < -0.4 is 5.32 Å². The summed E-state index contributed by atoms with van der Waals surface area (Å²) in [4.78, 5) is 12.3. The van der Waals surface area contributed by atoms with Crippen molar-refractivity contribution in [3.8, 4) is 0 Å². The summed E-state index contributed by atoms with van der Waals surface area (Å²) in [6.45, 7) is 6.26. The number of rotatable bonds is 5. The van der Waals surface area contributed by atoms with Crippen molar-refractivity contribution in [2.75, 3.05) is 12.4 Å². The molecule has 1 aliphatic rings. The van der Waals surface area contributed by atoms with Crippen LogP contribution in [0.25, 0.3) is 0 Å². The molecule has 3 rings (SSSR count). The second kappa shape index (κ2) is 8.32. The molecule has 1 aromatic carbocycles. The van der Waals surface area contributed by atoms with Gasteiger partial charge in [0.2, 0.25) is 0 Å². The lowest BCUT2D eigenvalue weighted by Crippen LogP contribution is -2.27. The van der Waals surface area contributed by atoms with Gasteiger partial charge in [0.25, 0.3) is 0 Å². The highest BCUT2D eigenvalue weighted by atomic mass is 16.5. The SMILES string of the molecule is CO[C@@H]1C[C@H](c2cc(NC(=O)OCc3ccccc3)n(C(C)(C)C)n2)C[C@H]1O. The van der Waals surface area contributed by atoms with E-state index in [9.17, 15) is 9.90 Å². The second-order valence-electron chi connectivity index (χ2n) is 8.23. The van der Waals surface area contributed by atoms with Gasteiger partial charge in [0.15, 0.2) is 0 Å². The predicted molar refractivity (Wildman–Crippen MR) is 106 cm³/mol. The number of nitrogens with zero attached hydrogens (tertiary/aromatic N) is 2. The molecular weight excluding hydrogens is 358 g/mol. The molecule has 1 aromatic heterocycles. The van der Waals surface area contributed by atoms with Crippen molar-refractivity contribution in [3.63, 3.8) is 0 Å². The summed E-state index contributed by atoms with van der Waals surface area (Å²) in [6.07, 6.45) is 0.0926. The summed E-state index contributed by atoms with van der Waals surface area (Å²) in [6, 6.07) is 11.4.